The molecule has 0 atom stereocenters. The van der Waals surface area contributed by atoms with E-state index in [9.17, 15) is 4.79 Å². The van der Waals surface area contributed by atoms with Crippen LogP contribution < -0.4 is 11.0 Å². The van der Waals surface area contributed by atoms with Crippen molar-refractivity contribution < 1.29 is 0 Å². The molecular formula is C21H24N4O. The number of rotatable bonds is 5. The molecule has 1 saturated heterocycles. The number of hydrogen-bond donors (Lipinski definition) is 1. The molecule has 2 heterocycles. The Morgan fingerprint density at radius 2 is 1.62 bits per heavy atom. The van der Waals surface area contributed by atoms with Crippen LogP contribution in [0.4, 0.5) is 0 Å². The van der Waals surface area contributed by atoms with Crippen molar-refractivity contribution in [2.24, 2.45) is 5.92 Å². The van der Waals surface area contributed by atoms with E-state index in [0.29, 0.717) is 12.5 Å². The summed E-state index contributed by atoms with van der Waals surface area (Å²) < 4.78 is 3.38. The number of benzene rings is 2. The highest BCUT2D eigenvalue weighted by Gasteiger charge is 2.20. The zero-order valence-electron chi connectivity index (χ0n) is 14.8. The third kappa shape index (κ3) is 3.63. The van der Waals surface area contributed by atoms with E-state index < -0.39 is 0 Å². The lowest BCUT2D eigenvalue weighted by molar-refractivity contribution is 0.365. The van der Waals surface area contributed by atoms with Gasteiger partial charge in [-0.3, -0.25) is 0 Å². The summed E-state index contributed by atoms with van der Waals surface area (Å²) in [6, 6.07) is 19.9. The molecule has 1 aromatic heterocycles. The minimum Gasteiger partial charge on any atom is -0.317 e. The van der Waals surface area contributed by atoms with Crippen LogP contribution in [-0.2, 0) is 13.0 Å². The molecule has 0 aliphatic carbocycles. The van der Waals surface area contributed by atoms with Crippen LogP contribution in [0.25, 0.3) is 5.69 Å². The molecular weight excluding hydrogens is 324 g/mol. The van der Waals surface area contributed by atoms with Crippen molar-refractivity contribution in [3.05, 3.63) is 82.5 Å². The number of hydrogen-bond acceptors (Lipinski definition) is 3. The fraction of sp³-hybridized carbons (Fsp3) is 0.333. The van der Waals surface area contributed by atoms with Gasteiger partial charge >= 0.3 is 5.69 Å². The Bertz CT molecular complexity index is 893. The quantitative estimate of drug-likeness (QED) is 0.771. The van der Waals surface area contributed by atoms with Gasteiger partial charge in [0.05, 0.1) is 12.2 Å². The van der Waals surface area contributed by atoms with Crippen LogP contribution in [0.3, 0.4) is 0 Å². The van der Waals surface area contributed by atoms with Gasteiger partial charge in [-0.1, -0.05) is 48.5 Å². The smallest absolute Gasteiger partial charge is 0.317 e. The van der Waals surface area contributed by atoms with Crippen LogP contribution in [0.2, 0.25) is 0 Å². The van der Waals surface area contributed by atoms with E-state index in [1.165, 1.54) is 0 Å². The molecule has 0 saturated carbocycles. The molecule has 5 nitrogen and oxygen atoms in total. The fourth-order valence-corrected chi connectivity index (χ4v) is 3.62. The highest BCUT2D eigenvalue weighted by molar-refractivity contribution is 5.32. The van der Waals surface area contributed by atoms with Gasteiger partial charge in [0.15, 0.2) is 0 Å². The maximum absolute atomic E-state index is 13.1. The van der Waals surface area contributed by atoms with E-state index in [0.717, 1.165) is 49.4 Å². The molecule has 3 aromatic rings. The number of aromatic nitrogens is 3. The predicted molar refractivity (Wildman–Crippen MR) is 103 cm³/mol. The van der Waals surface area contributed by atoms with E-state index in [4.69, 9.17) is 5.10 Å². The van der Waals surface area contributed by atoms with E-state index in [-0.39, 0.29) is 5.69 Å². The molecule has 0 unspecified atom stereocenters. The Morgan fingerprint density at radius 3 is 2.31 bits per heavy atom. The summed E-state index contributed by atoms with van der Waals surface area (Å²) in [5.41, 5.74) is 1.91. The van der Waals surface area contributed by atoms with E-state index in [1.54, 1.807) is 9.25 Å². The Morgan fingerprint density at radius 1 is 0.962 bits per heavy atom. The monoisotopic (exact) mass is 348 g/mol. The van der Waals surface area contributed by atoms with Gasteiger partial charge in [-0.2, -0.15) is 5.10 Å². The Kier molecular flexibility index (Phi) is 4.97. The zero-order chi connectivity index (χ0) is 17.8. The van der Waals surface area contributed by atoms with Gasteiger partial charge < -0.3 is 5.32 Å². The predicted octanol–water partition coefficient (Wildman–Crippen LogP) is 2.62. The molecule has 26 heavy (non-hydrogen) atoms. The number of piperidine rings is 1. The van der Waals surface area contributed by atoms with E-state index >= 15 is 0 Å². The van der Waals surface area contributed by atoms with Gasteiger partial charge in [-0.15, -0.1) is 0 Å². The largest absolute Gasteiger partial charge is 0.350 e. The van der Waals surface area contributed by atoms with Crippen LogP contribution >= 0.6 is 0 Å². The van der Waals surface area contributed by atoms with Gasteiger partial charge in [0, 0.05) is 6.42 Å². The standard InChI is InChI=1S/C21H24N4O/c26-21-24(16-18-7-3-1-4-8-18)23-20(15-17-11-13-22-14-12-17)25(21)19-9-5-2-6-10-19/h1-10,17,22H,11-16H2. The molecule has 1 fully saturated rings. The van der Waals surface area contributed by atoms with Crippen molar-refractivity contribution in [3.8, 4) is 5.69 Å². The molecule has 134 valence electrons. The third-order valence-corrected chi connectivity index (χ3v) is 5.03. The van der Waals surface area contributed by atoms with E-state index in [2.05, 4.69) is 5.32 Å². The normalized spacial score (nSPS) is 15.2. The van der Waals surface area contributed by atoms with Gasteiger partial charge in [-0.05, 0) is 49.5 Å². The molecule has 0 radical (unpaired) electrons. The highest BCUT2D eigenvalue weighted by Crippen LogP contribution is 2.18. The number of nitrogens with one attached hydrogen (secondary N) is 1. The van der Waals surface area contributed by atoms with E-state index in [1.807, 2.05) is 60.7 Å². The second kappa shape index (κ2) is 7.70. The second-order valence-electron chi connectivity index (χ2n) is 6.91. The van der Waals surface area contributed by atoms with Crippen LogP contribution in [0.1, 0.15) is 24.2 Å². The lowest BCUT2D eigenvalue weighted by atomic mass is 9.94. The summed E-state index contributed by atoms with van der Waals surface area (Å²) in [5.74, 6) is 1.44. The van der Waals surface area contributed by atoms with Crippen LogP contribution in [0, 0.1) is 5.92 Å². The van der Waals surface area contributed by atoms with Gasteiger partial charge in [0.25, 0.3) is 0 Å². The SMILES string of the molecule is O=c1n(Cc2ccccc2)nc(CC2CCNCC2)n1-c1ccccc1. The first-order chi connectivity index (χ1) is 12.8. The maximum atomic E-state index is 13.1. The minimum atomic E-state index is -0.0658. The number of para-hydroxylation sites is 1. The zero-order valence-corrected chi connectivity index (χ0v) is 14.8. The third-order valence-electron chi connectivity index (χ3n) is 5.03. The second-order valence-corrected chi connectivity index (χ2v) is 6.91. The van der Waals surface area contributed by atoms with Gasteiger partial charge in [-0.25, -0.2) is 14.0 Å². The summed E-state index contributed by atoms with van der Waals surface area (Å²) in [7, 11) is 0. The average molecular weight is 348 g/mol. The van der Waals surface area contributed by atoms with Crippen molar-refractivity contribution >= 4 is 0 Å². The summed E-state index contributed by atoms with van der Waals surface area (Å²) in [4.78, 5) is 13.1. The highest BCUT2D eigenvalue weighted by atomic mass is 16.2. The van der Waals surface area contributed by atoms with Gasteiger partial charge in [0.2, 0.25) is 0 Å². The first kappa shape index (κ1) is 16.8. The lowest BCUT2D eigenvalue weighted by Crippen LogP contribution is -2.29. The van der Waals surface area contributed by atoms with Crippen molar-refractivity contribution in [2.45, 2.75) is 25.8 Å². The molecule has 1 aliphatic heterocycles. The average Bonchev–Trinajstić information content (AvgIpc) is 2.99. The first-order valence-corrected chi connectivity index (χ1v) is 9.30. The molecule has 5 heteroatoms. The van der Waals surface area contributed by atoms with Crippen molar-refractivity contribution in [3.63, 3.8) is 0 Å². The summed E-state index contributed by atoms with van der Waals surface area (Å²) >= 11 is 0. The van der Waals surface area contributed by atoms with Crippen LogP contribution in [0.15, 0.2) is 65.5 Å². The topological polar surface area (TPSA) is 51.9 Å². The molecule has 0 spiro atoms. The number of nitrogens with zero attached hydrogens (tertiary/aromatic N) is 3. The first-order valence-electron chi connectivity index (χ1n) is 9.30. The summed E-state index contributed by atoms with van der Waals surface area (Å²) in [5, 5.41) is 8.12. The van der Waals surface area contributed by atoms with Gasteiger partial charge in [0.1, 0.15) is 5.82 Å². The van der Waals surface area contributed by atoms with Crippen molar-refractivity contribution in [2.75, 3.05) is 13.1 Å². The molecule has 0 amide bonds. The molecule has 4 rings (SSSR count). The lowest BCUT2D eigenvalue weighted by Gasteiger charge is -2.22. The van der Waals surface area contributed by atoms with Crippen LogP contribution in [0.5, 0.6) is 0 Å². The van der Waals surface area contributed by atoms with Crippen LogP contribution in [-0.4, -0.2) is 27.4 Å². The fourth-order valence-electron chi connectivity index (χ4n) is 3.62. The Balaban J connectivity index is 1.70. The summed E-state index contributed by atoms with van der Waals surface area (Å²) in [6.07, 6.45) is 3.11. The summed E-state index contributed by atoms with van der Waals surface area (Å²) in [6.45, 7) is 2.59. The molecule has 2 aromatic carbocycles. The minimum absolute atomic E-state index is 0.0658. The Labute approximate surface area is 153 Å². The maximum Gasteiger partial charge on any atom is 0.350 e. The molecule has 0 bridgehead atoms. The van der Waals surface area contributed by atoms with Crippen molar-refractivity contribution in [1.82, 2.24) is 19.7 Å². The van der Waals surface area contributed by atoms with Crippen molar-refractivity contribution in [1.29, 1.82) is 0 Å². The molecule has 1 aliphatic rings. The molecule has 1 N–H and O–H groups in total. The Hall–Kier alpha value is -2.66.